The Balaban J connectivity index is 1.83. The Hall–Kier alpha value is -1.55. The van der Waals surface area contributed by atoms with Gasteiger partial charge >= 0.3 is 6.03 Å². The monoisotopic (exact) mass is 289 g/mol. The van der Waals surface area contributed by atoms with Gasteiger partial charge in [-0.3, -0.25) is 0 Å². The average molecular weight is 289 g/mol. The number of hydrogen-bond donors (Lipinski definition) is 3. The van der Waals surface area contributed by atoms with Crippen LogP contribution < -0.4 is 16.0 Å². The summed E-state index contributed by atoms with van der Waals surface area (Å²) in [7, 11) is 0. The Kier molecular flexibility index (Phi) is 5.62. The van der Waals surface area contributed by atoms with Gasteiger partial charge < -0.3 is 16.0 Å². The van der Waals surface area contributed by atoms with Crippen molar-refractivity contribution < 1.29 is 4.79 Å². The molecule has 4 nitrogen and oxygen atoms in total. The Morgan fingerprint density at radius 1 is 1.29 bits per heavy atom. The van der Waals surface area contributed by atoms with Crippen molar-refractivity contribution in [2.45, 2.75) is 52.1 Å². The van der Waals surface area contributed by atoms with Gasteiger partial charge in [0.1, 0.15) is 0 Å². The molecular formula is C17H27N3O. The molecular weight excluding hydrogens is 262 g/mol. The fourth-order valence-electron chi connectivity index (χ4n) is 2.97. The molecule has 21 heavy (non-hydrogen) atoms. The fraction of sp³-hybridized carbons (Fsp3) is 0.588. The predicted octanol–water partition coefficient (Wildman–Crippen LogP) is 3.67. The molecule has 1 aromatic rings. The quantitative estimate of drug-likeness (QED) is 0.774. The van der Waals surface area contributed by atoms with Crippen LogP contribution in [0.25, 0.3) is 0 Å². The largest absolute Gasteiger partial charge is 0.335 e. The molecule has 3 unspecified atom stereocenters. The second-order valence-corrected chi connectivity index (χ2v) is 6.11. The van der Waals surface area contributed by atoms with Crippen LogP contribution in [0, 0.1) is 5.92 Å². The number of hydrogen-bond acceptors (Lipinski definition) is 2. The first-order valence-corrected chi connectivity index (χ1v) is 7.99. The molecule has 1 fully saturated rings. The third kappa shape index (κ3) is 4.74. The number of carbonyl (C=O) groups is 1. The lowest BCUT2D eigenvalue weighted by molar-refractivity contribution is 0.248. The fourth-order valence-corrected chi connectivity index (χ4v) is 2.97. The molecule has 0 aliphatic heterocycles. The smallest absolute Gasteiger partial charge is 0.319 e. The second kappa shape index (κ2) is 7.46. The van der Waals surface area contributed by atoms with Crippen LogP contribution in [0.1, 0.15) is 51.6 Å². The molecule has 1 aromatic carbocycles. The van der Waals surface area contributed by atoms with Crippen molar-refractivity contribution in [3.05, 3.63) is 29.8 Å². The molecule has 0 bridgehead atoms. The maximum atomic E-state index is 12.0. The van der Waals surface area contributed by atoms with Gasteiger partial charge in [0.2, 0.25) is 0 Å². The van der Waals surface area contributed by atoms with Crippen LogP contribution in [0.3, 0.4) is 0 Å². The van der Waals surface area contributed by atoms with E-state index in [0.717, 1.165) is 31.0 Å². The number of anilines is 1. The maximum absolute atomic E-state index is 12.0. The minimum absolute atomic E-state index is 0.0958. The highest BCUT2D eigenvalue weighted by atomic mass is 16.2. The molecule has 1 saturated carbocycles. The summed E-state index contributed by atoms with van der Waals surface area (Å²) in [4.78, 5) is 12.0. The van der Waals surface area contributed by atoms with Gasteiger partial charge in [0.05, 0.1) is 0 Å². The van der Waals surface area contributed by atoms with Crippen molar-refractivity contribution in [3.63, 3.8) is 0 Å². The second-order valence-electron chi connectivity index (χ2n) is 6.11. The molecule has 2 rings (SSSR count). The van der Waals surface area contributed by atoms with Crippen LogP contribution >= 0.6 is 0 Å². The topological polar surface area (TPSA) is 53.2 Å². The first kappa shape index (κ1) is 15.8. The Morgan fingerprint density at radius 3 is 2.57 bits per heavy atom. The summed E-state index contributed by atoms with van der Waals surface area (Å²) in [6.45, 7) is 7.42. The van der Waals surface area contributed by atoms with E-state index < -0.39 is 0 Å². The summed E-state index contributed by atoms with van der Waals surface area (Å²) in [5, 5.41) is 9.34. The zero-order valence-corrected chi connectivity index (χ0v) is 13.3. The zero-order valence-electron chi connectivity index (χ0n) is 13.3. The zero-order chi connectivity index (χ0) is 15.2. The summed E-state index contributed by atoms with van der Waals surface area (Å²) in [6.07, 6.45) is 3.39. The molecule has 0 spiro atoms. The summed E-state index contributed by atoms with van der Waals surface area (Å²) >= 11 is 0. The lowest BCUT2D eigenvalue weighted by Crippen LogP contribution is -2.36. The van der Waals surface area contributed by atoms with Crippen molar-refractivity contribution in [2.24, 2.45) is 5.92 Å². The van der Waals surface area contributed by atoms with E-state index in [4.69, 9.17) is 0 Å². The summed E-state index contributed by atoms with van der Waals surface area (Å²) in [5.41, 5.74) is 2.07. The predicted molar refractivity (Wildman–Crippen MR) is 87.5 cm³/mol. The molecule has 1 aliphatic carbocycles. The highest BCUT2D eigenvalue weighted by Crippen LogP contribution is 2.24. The molecule has 1 aliphatic rings. The van der Waals surface area contributed by atoms with Crippen molar-refractivity contribution >= 4 is 11.7 Å². The van der Waals surface area contributed by atoms with Gasteiger partial charge in [-0.25, -0.2) is 4.79 Å². The van der Waals surface area contributed by atoms with Gasteiger partial charge in [-0.2, -0.15) is 0 Å². The molecule has 0 heterocycles. The number of urea groups is 1. The van der Waals surface area contributed by atoms with Gasteiger partial charge in [-0.1, -0.05) is 26.0 Å². The minimum Gasteiger partial charge on any atom is -0.335 e. The van der Waals surface area contributed by atoms with E-state index in [1.807, 2.05) is 12.1 Å². The molecule has 4 heteroatoms. The van der Waals surface area contributed by atoms with Gasteiger partial charge in [0.25, 0.3) is 0 Å². The SMILES string of the molecule is CCNC(C)c1ccc(NC(=O)NC2CCC(C)C2)cc1. The van der Waals surface area contributed by atoms with Gasteiger partial charge in [-0.15, -0.1) is 0 Å². The summed E-state index contributed by atoms with van der Waals surface area (Å²) in [6, 6.07) is 8.59. The van der Waals surface area contributed by atoms with Crippen LogP contribution in [-0.2, 0) is 0 Å². The highest BCUT2D eigenvalue weighted by Gasteiger charge is 2.22. The van der Waals surface area contributed by atoms with E-state index >= 15 is 0 Å². The van der Waals surface area contributed by atoms with Crippen LogP contribution in [0.5, 0.6) is 0 Å². The van der Waals surface area contributed by atoms with E-state index in [1.165, 1.54) is 12.0 Å². The molecule has 0 saturated heterocycles. The summed E-state index contributed by atoms with van der Waals surface area (Å²) in [5.74, 6) is 0.724. The Morgan fingerprint density at radius 2 is 2.00 bits per heavy atom. The van der Waals surface area contributed by atoms with E-state index in [9.17, 15) is 4.79 Å². The van der Waals surface area contributed by atoms with Gasteiger partial charge in [0, 0.05) is 17.8 Å². The van der Waals surface area contributed by atoms with Crippen LogP contribution in [-0.4, -0.2) is 18.6 Å². The van der Waals surface area contributed by atoms with Crippen molar-refractivity contribution in [1.82, 2.24) is 10.6 Å². The normalized spacial score (nSPS) is 22.8. The lowest BCUT2D eigenvalue weighted by Gasteiger charge is -2.15. The standard InChI is InChI=1S/C17H27N3O/c1-4-18-13(3)14-6-9-15(10-7-14)19-17(21)20-16-8-5-12(2)11-16/h6-7,9-10,12-13,16,18H,4-5,8,11H2,1-3H3,(H2,19,20,21). The van der Waals surface area contributed by atoms with E-state index in [2.05, 4.69) is 48.9 Å². The van der Waals surface area contributed by atoms with E-state index in [-0.39, 0.29) is 6.03 Å². The minimum atomic E-state index is -0.0958. The number of nitrogens with one attached hydrogen (secondary N) is 3. The number of carbonyl (C=O) groups excluding carboxylic acids is 1. The molecule has 0 aromatic heterocycles. The lowest BCUT2D eigenvalue weighted by atomic mass is 10.1. The molecule has 3 atom stereocenters. The summed E-state index contributed by atoms with van der Waals surface area (Å²) < 4.78 is 0. The third-order valence-electron chi connectivity index (χ3n) is 4.21. The van der Waals surface area contributed by atoms with Crippen molar-refractivity contribution in [3.8, 4) is 0 Å². The van der Waals surface area contributed by atoms with E-state index in [1.54, 1.807) is 0 Å². The molecule has 2 amide bonds. The average Bonchev–Trinajstić information content (AvgIpc) is 2.85. The third-order valence-corrected chi connectivity index (χ3v) is 4.21. The molecule has 116 valence electrons. The Labute approximate surface area is 127 Å². The highest BCUT2D eigenvalue weighted by molar-refractivity contribution is 5.89. The van der Waals surface area contributed by atoms with Crippen molar-refractivity contribution in [1.29, 1.82) is 0 Å². The van der Waals surface area contributed by atoms with Gasteiger partial charge in [0.15, 0.2) is 0 Å². The Bertz CT molecular complexity index is 458. The van der Waals surface area contributed by atoms with Gasteiger partial charge in [-0.05, 0) is 56.3 Å². The number of benzene rings is 1. The van der Waals surface area contributed by atoms with Crippen molar-refractivity contribution in [2.75, 3.05) is 11.9 Å². The van der Waals surface area contributed by atoms with Crippen LogP contribution in [0.15, 0.2) is 24.3 Å². The molecule has 3 N–H and O–H groups in total. The van der Waals surface area contributed by atoms with Crippen LogP contribution in [0.2, 0.25) is 0 Å². The first-order valence-electron chi connectivity index (χ1n) is 7.99. The first-order chi connectivity index (χ1) is 10.1. The van der Waals surface area contributed by atoms with Crippen LogP contribution in [0.4, 0.5) is 10.5 Å². The van der Waals surface area contributed by atoms with E-state index in [0.29, 0.717) is 12.1 Å². The number of rotatable bonds is 5. The number of amides is 2. The maximum Gasteiger partial charge on any atom is 0.319 e. The molecule has 0 radical (unpaired) electrons.